The Morgan fingerprint density at radius 1 is 1.37 bits per heavy atom. The smallest absolute Gasteiger partial charge is 0.275 e. The molecular weight excluding hydrogens is 362 g/mol. The predicted octanol–water partition coefficient (Wildman–Crippen LogP) is 3.96. The Bertz CT molecular complexity index is 565. The summed E-state index contributed by atoms with van der Waals surface area (Å²) in [6.07, 6.45) is 10.4. The molecule has 1 aliphatic rings. The maximum atomic E-state index is 12.1. The number of ether oxygens (including phenoxy) is 1. The number of hydrogen-bond acceptors (Lipinski definition) is 6. The van der Waals surface area contributed by atoms with E-state index in [0.717, 1.165) is 18.8 Å². The molecule has 154 valence electrons. The van der Waals surface area contributed by atoms with Gasteiger partial charge in [0.05, 0.1) is 6.20 Å². The fourth-order valence-corrected chi connectivity index (χ4v) is 3.95. The molecule has 3 N–H and O–H groups in total. The van der Waals surface area contributed by atoms with E-state index in [-0.39, 0.29) is 18.1 Å². The van der Waals surface area contributed by atoms with Crippen molar-refractivity contribution in [2.75, 3.05) is 18.5 Å². The fourth-order valence-electron chi connectivity index (χ4n) is 3.26. The van der Waals surface area contributed by atoms with Crippen LogP contribution in [-0.2, 0) is 4.79 Å². The molecule has 1 amide bonds. The predicted molar refractivity (Wildman–Crippen MR) is 110 cm³/mol. The molecule has 0 bridgehead atoms. The number of aliphatic hydroxyl groups excluding tert-OH is 1. The molecule has 1 aromatic rings. The Hall–Kier alpha value is -1.18. The van der Waals surface area contributed by atoms with Crippen LogP contribution in [-0.4, -0.2) is 40.8 Å². The van der Waals surface area contributed by atoms with Gasteiger partial charge in [-0.25, -0.2) is 4.98 Å². The molecule has 27 heavy (non-hydrogen) atoms. The first-order valence-electron chi connectivity index (χ1n) is 10.1. The molecule has 0 saturated heterocycles. The third-order valence-corrected chi connectivity index (χ3v) is 5.58. The van der Waals surface area contributed by atoms with E-state index in [1.54, 1.807) is 6.20 Å². The van der Waals surface area contributed by atoms with Gasteiger partial charge in [-0.15, -0.1) is 0 Å². The minimum atomic E-state index is -0.606. The lowest BCUT2D eigenvalue weighted by molar-refractivity contribution is -0.116. The molecule has 0 spiro atoms. The molecule has 2 rings (SSSR count). The second kappa shape index (κ2) is 11.0. The Morgan fingerprint density at radius 3 is 2.81 bits per heavy atom. The van der Waals surface area contributed by atoms with Crippen molar-refractivity contribution >= 4 is 22.2 Å². The molecule has 1 fully saturated rings. The van der Waals surface area contributed by atoms with Crippen molar-refractivity contribution in [3.63, 3.8) is 0 Å². The van der Waals surface area contributed by atoms with Gasteiger partial charge < -0.3 is 20.5 Å². The van der Waals surface area contributed by atoms with Crippen molar-refractivity contribution in [3.05, 3.63) is 6.20 Å². The van der Waals surface area contributed by atoms with Crippen molar-refractivity contribution in [2.24, 2.45) is 5.92 Å². The Labute approximate surface area is 167 Å². The van der Waals surface area contributed by atoms with E-state index in [4.69, 9.17) is 4.74 Å². The number of β-amino-alcohol motifs (C(OH)–C–C–N with tert-alkyl or cyclic N) is 1. The number of nitrogens with zero attached hydrogens (tertiary/aromatic N) is 1. The molecule has 1 aromatic heterocycles. The zero-order chi connectivity index (χ0) is 19.7. The molecular formula is C20H35N3O3S. The van der Waals surface area contributed by atoms with Gasteiger partial charge in [-0.2, -0.15) is 0 Å². The van der Waals surface area contributed by atoms with Crippen molar-refractivity contribution in [3.8, 4) is 5.19 Å². The maximum absolute atomic E-state index is 12.1. The SMILES string of the molecule is CC(C)(C)NCC(O)COc1ncc(NC(=O)CCCC2CCCCC2)s1. The van der Waals surface area contributed by atoms with Crippen LogP contribution in [0, 0.1) is 5.92 Å². The van der Waals surface area contributed by atoms with Crippen molar-refractivity contribution in [1.29, 1.82) is 0 Å². The van der Waals surface area contributed by atoms with Crippen LogP contribution in [0.3, 0.4) is 0 Å². The zero-order valence-corrected chi connectivity index (χ0v) is 17.7. The van der Waals surface area contributed by atoms with Gasteiger partial charge in [0.25, 0.3) is 5.19 Å². The highest BCUT2D eigenvalue weighted by atomic mass is 32.1. The van der Waals surface area contributed by atoms with Gasteiger partial charge in [0, 0.05) is 18.5 Å². The summed E-state index contributed by atoms with van der Waals surface area (Å²) in [6.45, 7) is 6.77. The standard InChI is InChI=1S/C20H35N3O3S/c1-20(2,3)22-12-16(24)14-26-19-21-13-18(27-19)23-17(25)11-7-10-15-8-5-4-6-9-15/h13,15-16,22,24H,4-12,14H2,1-3H3,(H,23,25). The lowest BCUT2D eigenvalue weighted by atomic mass is 9.86. The second-order valence-corrected chi connectivity index (χ2v) is 9.52. The normalized spacial score (nSPS) is 16.9. The van der Waals surface area contributed by atoms with Crippen LogP contribution >= 0.6 is 11.3 Å². The molecule has 7 heteroatoms. The molecule has 0 aliphatic heterocycles. The number of anilines is 1. The Balaban J connectivity index is 1.62. The van der Waals surface area contributed by atoms with Gasteiger partial charge in [0.15, 0.2) is 0 Å². The number of aromatic nitrogens is 1. The van der Waals surface area contributed by atoms with E-state index in [1.807, 2.05) is 20.8 Å². The summed E-state index contributed by atoms with van der Waals surface area (Å²) in [5, 5.41) is 17.2. The largest absolute Gasteiger partial charge is 0.467 e. The number of amides is 1. The minimum Gasteiger partial charge on any atom is -0.467 e. The van der Waals surface area contributed by atoms with Crippen LogP contribution in [0.15, 0.2) is 6.20 Å². The van der Waals surface area contributed by atoms with Gasteiger partial charge in [0.1, 0.15) is 17.7 Å². The minimum absolute atomic E-state index is 0.0374. The summed E-state index contributed by atoms with van der Waals surface area (Å²) in [5.74, 6) is 0.851. The molecule has 1 heterocycles. The number of thiazole rings is 1. The zero-order valence-electron chi connectivity index (χ0n) is 16.9. The van der Waals surface area contributed by atoms with E-state index in [2.05, 4.69) is 15.6 Å². The first-order chi connectivity index (χ1) is 12.8. The highest BCUT2D eigenvalue weighted by Crippen LogP contribution is 2.28. The summed E-state index contributed by atoms with van der Waals surface area (Å²) in [7, 11) is 0. The average molecular weight is 398 g/mol. The highest BCUT2D eigenvalue weighted by molar-refractivity contribution is 7.17. The van der Waals surface area contributed by atoms with E-state index < -0.39 is 6.10 Å². The van der Waals surface area contributed by atoms with Crippen LogP contribution in [0.4, 0.5) is 5.00 Å². The number of hydrogen-bond donors (Lipinski definition) is 3. The van der Waals surface area contributed by atoms with E-state index in [1.165, 1.54) is 43.4 Å². The van der Waals surface area contributed by atoms with E-state index >= 15 is 0 Å². The molecule has 1 unspecified atom stereocenters. The van der Waals surface area contributed by atoms with Crippen LogP contribution in [0.2, 0.25) is 0 Å². The molecule has 0 radical (unpaired) electrons. The van der Waals surface area contributed by atoms with Crippen LogP contribution in [0.1, 0.15) is 72.1 Å². The van der Waals surface area contributed by atoms with E-state index in [0.29, 0.717) is 23.2 Å². The summed E-state index contributed by atoms with van der Waals surface area (Å²) >= 11 is 1.29. The van der Waals surface area contributed by atoms with Gasteiger partial charge >= 0.3 is 0 Å². The number of rotatable bonds is 10. The Kier molecular flexibility index (Phi) is 8.99. The van der Waals surface area contributed by atoms with E-state index in [9.17, 15) is 9.90 Å². The van der Waals surface area contributed by atoms with Gasteiger partial charge in [-0.3, -0.25) is 4.79 Å². The monoisotopic (exact) mass is 397 g/mol. The first kappa shape index (κ1) is 22.1. The highest BCUT2D eigenvalue weighted by Gasteiger charge is 2.15. The molecule has 1 saturated carbocycles. The molecule has 0 aromatic carbocycles. The molecule has 6 nitrogen and oxygen atoms in total. The van der Waals surface area contributed by atoms with Gasteiger partial charge in [-0.1, -0.05) is 43.4 Å². The molecule has 1 aliphatic carbocycles. The number of aliphatic hydroxyl groups is 1. The fraction of sp³-hybridized carbons (Fsp3) is 0.800. The summed E-state index contributed by atoms with van der Waals surface area (Å²) < 4.78 is 5.52. The van der Waals surface area contributed by atoms with Gasteiger partial charge in [-0.05, 0) is 39.5 Å². The van der Waals surface area contributed by atoms with Crippen molar-refractivity contribution < 1.29 is 14.6 Å². The lowest BCUT2D eigenvalue weighted by Crippen LogP contribution is -2.42. The summed E-state index contributed by atoms with van der Waals surface area (Å²) in [6, 6.07) is 0. The number of carbonyl (C=O) groups excluding carboxylic acids is 1. The first-order valence-corrected chi connectivity index (χ1v) is 10.9. The van der Waals surface area contributed by atoms with Gasteiger partial charge in [0.2, 0.25) is 5.91 Å². The summed E-state index contributed by atoms with van der Waals surface area (Å²) in [4.78, 5) is 16.2. The van der Waals surface area contributed by atoms with Crippen LogP contribution in [0.5, 0.6) is 5.19 Å². The maximum Gasteiger partial charge on any atom is 0.275 e. The third-order valence-electron chi connectivity index (χ3n) is 4.76. The second-order valence-electron chi connectivity index (χ2n) is 8.53. The Morgan fingerprint density at radius 2 is 2.11 bits per heavy atom. The number of nitrogens with one attached hydrogen (secondary N) is 2. The lowest BCUT2D eigenvalue weighted by Gasteiger charge is -2.22. The number of carbonyl (C=O) groups is 1. The van der Waals surface area contributed by atoms with Crippen LogP contribution < -0.4 is 15.4 Å². The quantitative estimate of drug-likeness (QED) is 0.556. The average Bonchev–Trinajstić information content (AvgIpc) is 3.06. The van der Waals surface area contributed by atoms with Crippen molar-refractivity contribution in [1.82, 2.24) is 10.3 Å². The summed E-state index contributed by atoms with van der Waals surface area (Å²) in [5.41, 5.74) is -0.0450. The van der Waals surface area contributed by atoms with Crippen LogP contribution in [0.25, 0.3) is 0 Å². The topological polar surface area (TPSA) is 83.5 Å². The third kappa shape index (κ3) is 9.53. The molecule has 1 atom stereocenters. The van der Waals surface area contributed by atoms with Crippen molar-refractivity contribution in [2.45, 2.75) is 83.8 Å².